The lowest BCUT2D eigenvalue weighted by Crippen LogP contribution is -2.64. The normalized spacial score (nSPS) is 13.9. The highest BCUT2D eigenvalue weighted by Crippen LogP contribution is 2.54. The van der Waals surface area contributed by atoms with Crippen LogP contribution in [0.2, 0.25) is 0 Å². The van der Waals surface area contributed by atoms with Crippen molar-refractivity contribution in [3.8, 4) is 66.8 Å². The molecule has 2 nitrogen and oxygen atoms in total. The Morgan fingerprint density at radius 2 is 0.537 bits per heavy atom. The van der Waals surface area contributed by atoms with E-state index >= 15 is 0 Å². The smallest absolute Gasteiger partial charge is 0.249 e. The lowest BCUT2D eigenvalue weighted by molar-refractivity contribution is 0.568. The summed E-state index contributed by atoms with van der Waals surface area (Å²) < 4.78 is 0. The van der Waals surface area contributed by atoms with Gasteiger partial charge < -0.3 is 9.80 Å². The summed E-state index contributed by atoms with van der Waals surface area (Å²) >= 11 is 3.92. The third-order valence-corrected chi connectivity index (χ3v) is 25.5. The number of fused-ring (bicyclic) bond motifs is 8. The van der Waals surface area contributed by atoms with Crippen molar-refractivity contribution in [2.45, 2.75) is 177 Å². The maximum Gasteiger partial charge on any atom is 0.249 e. The van der Waals surface area contributed by atoms with E-state index in [1.54, 1.807) is 0 Å². The summed E-state index contributed by atoms with van der Waals surface area (Å²) in [5.41, 5.74) is 37.1. The molecular formula is C102H98B2N2S2. The van der Waals surface area contributed by atoms with Crippen molar-refractivity contribution in [3.05, 3.63) is 300 Å². The van der Waals surface area contributed by atoms with Crippen LogP contribution in [-0.4, -0.2) is 13.4 Å². The van der Waals surface area contributed by atoms with Crippen molar-refractivity contribution in [2.75, 3.05) is 9.80 Å². The minimum absolute atomic E-state index is 0.0409. The van der Waals surface area contributed by atoms with Gasteiger partial charge in [0.1, 0.15) is 0 Å². The monoisotopic (exact) mass is 1440 g/mol. The number of para-hydroxylation sites is 1. The molecule has 4 aliphatic heterocycles. The zero-order valence-electron chi connectivity index (χ0n) is 66.3. The van der Waals surface area contributed by atoms with Crippen molar-refractivity contribution in [3.63, 3.8) is 0 Å². The average Bonchev–Trinajstić information content (AvgIpc) is 0.685. The Morgan fingerprint density at radius 1 is 0.222 bits per heavy atom. The molecule has 0 unspecified atom stereocenters. The molecule has 4 aliphatic rings. The SMILES string of the molecule is CC(C)(C)c1cc(-c2ccc3c(c2)Sc2cc(-c4ccccc4)cc4c2B3c2cc3c(cc2N4c2cc(C(C)(C)C)cc(C(C)(C)C)c2)N(c2c(-c4ccccc4)cccc2-c2ccccc2)c2cc(-c4ccccc4)cc4c2B3c2ccc(-c3cc(C(C)(C)C)cc(C(C)(C)C)c3)cc2S4)cc(C(C)(C)C)c1. The maximum absolute atomic E-state index is 2.74. The molecule has 0 atom stereocenters. The van der Waals surface area contributed by atoms with E-state index in [1.165, 1.54) is 170 Å². The van der Waals surface area contributed by atoms with E-state index in [9.17, 15) is 0 Å². The van der Waals surface area contributed by atoms with Crippen LogP contribution >= 0.6 is 23.5 Å². The molecule has 0 bridgehead atoms. The molecule has 13 aromatic rings. The van der Waals surface area contributed by atoms with Crippen molar-refractivity contribution in [2.24, 2.45) is 0 Å². The van der Waals surface area contributed by atoms with Crippen LogP contribution < -0.4 is 42.6 Å². The Hall–Kier alpha value is -9.71. The van der Waals surface area contributed by atoms with Crippen molar-refractivity contribution >= 4 is 104 Å². The minimum Gasteiger partial charge on any atom is -0.311 e. The van der Waals surface area contributed by atoms with Gasteiger partial charge in [0, 0.05) is 59.1 Å². The maximum atomic E-state index is 2.74. The molecule has 0 fully saturated rings. The van der Waals surface area contributed by atoms with Gasteiger partial charge in [0.05, 0.1) is 5.69 Å². The lowest BCUT2D eigenvalue weighted by Gasteiger charge is -2.45. The molecule has 0 saturated heterocycles. The Bertz CT molecular complexity index is 5600. The summed E-state index contributed by atoms with van der Waals surface area (Å²) in [5, 5.41) is 0. The highest BCUT2D eigenvalue weighted by atomic mass is 32.2. The third-order valence-electron chi connectivity index (χ3n) is 23.2. The van der Waals surface area contributed by atoms with Crippen LogP contribution in [0, 0.1) is 0 Å². The summed E-state index contributed by atoms with van der Waals surface area (Å²) in [5.74, 6) is 0. The molecule has 17 rings (SSSR count). The van der Waals surface area contributed by atoms with Crippen molar-refractivity contribution < 1.29 is 0 Å². The molecule has 0 saturated carbocycles. The van der Waals surface area contributed by atoms with Crippen LogP contribution in [0.1, 0.15) is 158 Å². The van der Waals surface area contributed by atoms with Gasteiger partial charge in [0.15, 0.2) is 0 Å². The zero-order chi connectivity index (χ0) is 75.5. The van der Waals surface area contributed by atoms with Gasteiger partial charge in [0.25, 0.3) is 0 Å². The Labute approximate surface area is 652 Å². The summed E-state index contributed by atoms with van der Waals surface area (Å²) in [6, 6.07) is 105. The molecule has 0 aromatic heterocycles. The second-order valence-corrected chi connectivity index (χ2v) is 39.2. The van der Waals surface area contributed by atoms with E-state index in [0.717, 1.165) is 16.8 Å². The fraction of sp³-hybridized carbons (Fsp3) is 0.235. The highest BCUT2D eigenvalue weighted by molar-refractivity contribution is 8.00. The van der Waals surface area contributed by atoms with Gasteiger partial charge in [0.2, 0.25) is 13.4 Å². The number of hydrogen-bond acceptors (Lipinski definition) is 4. The topological polar surface area (TPSA) is 6.48 Å². The molecule has 108 heavy (non-hydrogen) atoms. The van der Waals surface area contributed by atoms with Gasteiger partial charge in [-0.25, -0.2) is 0 Å². The quantitative estimate of drug-likeness (QED) is 0.140. The van der Waals surface area contributed by atoms with Crippen LogP contribution in [0.5, 0.6) is 0 Å². The summed E-state index contributed by atoms with van der Waals surface area (Å²) in [6.07, 6.45) is 0. The van der Waals surface area contributed by atoms with E-state index in [4.69, 9.17) is 0 Å². The summed E-state index contributed by atoms with van der Waals surface area (Å²) in [4.78, 5) is 10.6. The first-order chi connectivity index (χ1) is 51.3. The number of hydrogen-bond donors (Lipinski definition) is 0. The van der Waals surface area contributed by atoms with E-state index in [1.807, 2.05) is 23.5 Å². The Kier molecular flexibility index (Phi) is 17.1. The predicted molar refractivity (Wildman–Crippen MR) is 471 cm³/mol. The van der Waals surface area contributed by atoms with Crippen LogP contribution in [0.4, 0.5) is 34.1 Å². The number of anilines is 6. The first-order valence-electron chi connectivity index (χ1n) is 38.9. The number of nitrogens with zero attached hydrogens (tertiary/aromatic N) is 2. The van der Waals surface area contributed by atoms with Gasteiger partial charge in [-0.05, 0) is 198 Å². The van der Waals surface area contributed by atoms with Crippen molar-refractivity contribution in [1.29, 1.82) is 0 Å². The van der Waals surface area contributed by atoms with Crippen LogP contribution in [0.3, 0.4) is 0 Å². The zero-order valence-corrected chi connectivity index (χ0v) is 67.9. The molecule has 0 aliphatic carbocycles. The number of benzene rings is 13. The van der Waals surface area contributed by atoms with Crippen LogP contribution in [0.15, 0.2) is 287 Å². The van der Waals surface area contributed by atoms with Crippen LogP contribution in [0.25, 0.3) is 66.8 Å². The molecule has 13 aromatic carbocycles. The fourth-order valence-corrected chi connectivity index (χ4v) is 19.4. The molecule has 6 heteroatoms. The molecule has 0 radical (unpaired) electrons. The predicted octanol–water partition coefficient (Wildman–Crippen LogP) is 25.0. The third kappa shape index (κ3) is 12.7. The second-order valence-electron chi connectivity index (χ2n) is 37.1. The van der Waals surface area contributed by atoms with Crippen molar-refractivity contribution in [1.82, 2.24) is 0 Å². The van der Waals surface area contributed by atoms with Gasteiger partial charge in [-0.15, -0.1) is 0 Å². The second kappa shape index (κ2) is 26.0. The minimum atomic E-state index is -0.162. The molecular weight excluding hydrogens is 1340 g/mol. The van der Waals surface area contributed by atoms with Gasteiger partial charge in [-0.2, -0.15) is 0 Å². The van der Waals surface area contributed by atoms with Gasteiger partial charge >= 0.3 is 0 Å². The first kappa shape index (κ1) is 71.2. The highest BCUT2D eigenvalue weighted by Gasteiger charge is 2.48. The van der Waals surface area contributed by atoms with E-state index < -0.39 is 0 Å². The van der Waals surface area contributed by atoms with E-state index in [2.05, 4.69) is 401 Å². The molecule has 0 amide bonds. The van der Waals surface area contributed by atoms with E-state index in [0.29, 0.717) is 0 Å². The van der Waals surface area contributed by atoms with Gasteiger partial charge in [-0.1, -0.05) is 371 Å². The lowest BCUT2D eigenvalue weighted by atomic mass is 9.31. The average molecular weight is 1440 g/mol. The first-order valence-corrected chi connectivity index (χ1v) is 40.5. The largest absolute Gasteiger partial charge is 0.311 e. The summed E-state index contributed by atoms with van der Waals surface area (Å²) in [7, 11) is 0. The fourth-order valence-electron chi connectivity index (χ4n) is 16.9. The Balaban J connectivity index is 1.02. The van der Waals surface area contributed by atoms with E-state index in [-0.39, 0.29) is 45.9 Å². The molecule has 0 spiro atoms. The van der Waals surface area contributed by atoms with Gasteiger partial charge in [-0.3, -0.25) is 0 Å². The molecule has 4 heterocycles. The Morgan fingerprint density at radius 3 is 0.898 bits per heavy atom. The number of rotatable bonds is 8. The molecule has 0 N–H and O–H groups in total. The summed E-state index contributed by atoms with van der Waals surface area (Å²) in [6.45, 7) is 42.3. The standard InChI is InChI=1S/C102H98B2N2S2/c1-97(2,3)73-46-69(47-74(56-73)98(4,5)6)67-42-44-82-90(52-67)107-92-54-71(63-32-23-19-24-33-63)50-88-94(92)103(82)84-61-85-87(62-86(84)105(88)79-59-77(101(13,14)15)58-78(60-79)102(16,17)18)106(96-80(65-36-27-21-28-37-65)40-31-41-81(96)66-38-29-22-30-39-66)89-51-72(64-34-25-20-26-35-64)55-93-95(89)104(85)83-45-43-68(53-91(83)108-93)70-48-75(99(7,8)9)57-76(49-70)100(10,11)12/h19-62H,1-18H3. The van der Waals surface area contributed by atoms with Crippen LogP contribution in [-0.2, 0) is 32.5 Å². The molecule has 534 valence electrons.